The predicted octanol–water partition coefficient (Wildman–Crippen LogP) is 2.91. The summed E-state index contributed by atoms with van der Waals surface area (Å²) in [5.74, 6) is 2.00. The summed E-state index contributed by atoms with van der Waals surface area (Å²) in [6.07, 6.45) is 1.29. The van der Waals surface area contributed by atoms with Crippen LogP contribution in [0.5, 0.6) is 11.5 Å². The Morgan fingerprint density at radius 2 is 1.86 bits per heavy atom. The molecule has 0 saturated heterocycles. The first-order chi connectivity index (χ1) is 10.3. The maximum Gasteiger partial charge on any atom is 0.122 e. The highest BCUT2D eigenvalue weighted by Gasteiger charge is 2.28. The zero-order valence-electron chi connectivity index (χ0n) is 11.8. The molecule has 0 amide bonds. The van der Waals surface area contributed by atoms with Crippen LogP contribution < -0.4 is 9.47 Å². The monoisotopic (exact) mass is 282 g/mol. The average molecular weight is 282 g/mol. The molecule has 2 aliphatic rings. The topological polar surface area (TPSA) is 38.7 Å². The molecule has 3 heteroatoms. The minimum absolute atomic E-state index is 0.0975. The van der Waals surface area contributed by atoms with Gasteiger partial charge in [-0.2, -0.15) is 0 Å². The highest BCUT2D eigenvalue weighted by molar-refractivity contribution is 5.41. The standard InChI is InChI=1S/C18H18O3/c19-18(14-5-6-17-13(9-14)7-8-20-17)15-10-12-3-1-2-4-16(12)21-11-15/h1-6,9,15,18-19H,7-8,10-11H2. The van der Waals surface area contributed by atoms with E-state index in [1.165, 1.54) is 11.1 Å². The van der Waals surface area contributed by atoms with E-state index in [2.05, 4.69) is 12.1 Å². The summed E-state index contributed by atoms with van der Waals surface area (Å²) in [6.45, 7) is 1.31. The van der Waals surface area contributed by atoms with Crippen LogP contribution in [-0.2, 0) is 12.8 Å². The quantitative estimate of drug-likeness (QED) is 0.920. The number of rotatable bonds is 2. The zero-order valence-corrected chi connectivity index (χ0v) is 11.8. The van der Waals surface area contributed by atoms with Gasteiger partial charge < -0.3 is 14.6 Å². The van der Waals surface area contributed by atoms with Gasteiger partial charge in [-0.3, -0.25) is 0 Å². The molecule has 108 valence electrons. The first-order valence-electron chi connectivity index (χ1n) is 7.45. The Morgan fingerprint density at radius 3 is 2.81 bits per heavy atom. The summed E-state index contributed by atoms with van der Waals surface area (Å²) in [5, 5.41) is 10.7. The Kier molecular flexibility index (Phi) is 3.08. The highest BCUT2D eigenvalue weighted by atomic mass is 16.5. The molecule has 1 N–H and O–H groups in total. The van der Waals surface area contributed by atoms with Crippen LogP contribution in [0.15, 0.2) is 42.5 Å². The Balaban J connectivity index is 1.57. The van der Waals surface area contributed by atoms with Crippen LogP contribution in [-0.4, -0.2) is 18.3 Å². The van der Waals surface area contributed by atoms with Crippen molar-refractivity contribution < 1.29 is 14.6 Å². The van der Waals surface area contributed by atoms with Gasteiger partial charge in [0.15, 0.2) is 0 Å². The second-order valence-electron chi connectivity index (χ2n) is 5.79. The van der Waals surface area contributed by atoms with Gasteiger partial charge in [0.25, 0.3) is 0 Å². The van der Waals surface area contributed by atoms with Gasteiger partial charge in [-0.15, -0.1) is 0 Å². The summed E-state index contributed by atoms with van der Waals surface area (Å²) in [6, 6.07) is 14.1. The molecule has 2 aliphatic heterocycles. The second kappa shape index (κ2) is 5.08. The number of ether oxygens (including phenoxy) is 2. The molecule has 2 unspecified atom stereocenters. The van der Waals surface area contributed by atoms with Crippen LogP contribution in [0, 0.1) is 5.92 Å². The van der Waals surface area contributed by atoms with Crippen LogP contribution in [0.25, 0.3) is 0 Å². The number of aliphatic hydroxyl groups excluding tert-OH is 1. The Labute approximate surface area is 124 Å². The van der Waals surface area contributed by atoms with Crippen LogP contribution in [0.2, 0.25) is 0 Å². The van der Waals surface area contributed by atoms with Gasteiger partial charge in [0.1, 0.15) is 11.5 Å². The van der Waals surface area contributed by atoms with Crippen molar-refractivity contribution in [2.75, 3.05) is 13.2 Å². The highest BCUT2D eigenvalue weighted by Crippen LogP contribution is 2.35. The maximum atomic E-state index is 10.7. The smallest absolute Gasteiger partial charge is 0.122 e. The third kappa shape index (κ3) is 2.28. The van der Waals surface area contributed by atoms with Crippen molar-refractivity contribution in [3.8, 4) is 11.5 Å². The Hall–Kier alpha value is -2.00. The lowest BCUT2D eigenvalue weighted by atomic mass is 9.88. The van der Waals surface area contributed by atoms with Gasteiger partial charge in [0.05, 0.1) is 19.3 Å². The first-order valence-corrected chi connectivity index (χ1v) is 7.45. The van der Waals surface area contributed by atoms with Crippen LogP contribution in [0.1, 0.15) is 22.8 Å². The van der Waals surface area contributed by atoms with E-state index in [9.17, 15) is 5.11 Å². The van der Waals surface area contributed by atoms with Crippen LogP contribution >= 0.6 is 0 Å². The van der Waals surface area contributed by atoms with E-state index >= 15 is 0 Å². The lowest BCUT2D eigenvalue weighted by molar-refractivity contribution is 0.0644. The Bertz CT molecular complexity index is 665. The van der Waals surface area contributed by atoms with Crippen LogP contribution in [0.3, 0.4) is 0 Å². The summed E-state index contributed by atoms with van der Waals surface area (Å²) in [5.41, 5.74) is 3.34. The molecule has 0 spiro atoms. The fourth-order valence-electron chi connectivity index (χ4n) is 3.22. The molecular weight excluding hydrogens is 264 g/mol. The van der Waals surface area contributed by atoms with E-state index in [4.69, 9.17) is 9.47 Å². The van der Waals surface area contributed by atoms with E-state index < -0.39 is 6.10 Å². The summed E-state index contributed by atoms with van der Waals surface area (Å²) in [4.78, 5) is 0. The summed E-state index contributed by atoms with van der Waals surface area (Å²) in [7, 11) is 0. The van der Waals surface area contributed by atoms with Crippen molar-refractivity contribution in [1.82, 2.24) is 0 Å². The fraction of sp³-hybridized carbons (Fsp3) is 0.333. The van der Waals surface area contributed by atoms with E-state index in [0.717, 1.165) is 36.5 Å². The van der Waals surface area contributed by atoms with Gasteiger partial charge in [-0.1, -0.05) is 24.3 Å². The number of fused-ring (bicyclic) bond motifs is 2. The van der Waals surface area contributed by atoms with E-state index in [1.54, 1.807) is 0 Å². The van der Waals surface area contributed by atoms with Crippen molar-refractivity contribution in [2.45, 2.75) is 18.9 Å². The number of hydrogen-bond donors (Lipinski definition) is 1. The molecular formula is C18H18O3. The molecule has 21 heavy (non-hydrogen) atoms. The van der Waals surface area contributed by atoms with Crippen molar-refractivity contribution in [3.05, 3.63) is 59.2 Å². The average Bonchev–Trinajstić information content (AvgIpc) is 3.01. The third-order valence-corrected chi connectivity index (χ3v) is 4.41. The van der Waals surface area contributed by atoms with Gasteiger partial charge in [-0.05, 0) is 41.3 Å². The molecule has 2 atom stereocenters. The first kappa shape index (κ1) is 12.7. The largest absolute Gasteiger partial charge is 0.493 e. The molecule has 4 rings (SSSR count). The number of para-hydroxylation sites is 1. The molecule has 0 fully saturated rings. The lowest BCUT2D eigenvalue weighted by Gasteiger charge is -2.29. The van der Waals surface area contributed by atoms with Gasteiger partial charge in [0.2, 0.25) is 0 Å². The molecule has 0 bridgehead atoms. The van der Waals surface area contributed by atoms with E-state index in [1.807, 2.05) is 30.3 Å². The van der Waals surface area contributed by atoms with Gasteiger partial charge in [-0.25, -0.2) is 0 Å². The van der Waals surface area contributed by atoms with Crippen LogP contribution in [0.4, 0.5) is 0 Å². The third-order valence-electron chi connectivity index (χ3n) is 4.41. The predicted molar refractivity (Wildman–Crippen MR) is 79.7 cm³/mol. The molecule has 0 saturated carbocycles. The number of benzene rings is 2. The van der Waals surface area contributed by atoms with Crippen molar-refractivity contribution >= 4 is 0 Å². The molecule has 2 aromatic rings. The number of aliphatic hydroxyl groups is 1. The minimum atomic E-state index is -0.496. The van der Waals surface area contributed by atoms with Gasteiger partial charge in [0, 0.05) is 12.3 Å². The number of hydrogen-bond acceptors (Lipinski definition) is 3. The zero-order chi connectivity index (χ0) is 14.2. The Morgan fingerprint density at radius 1 is 1.00 bits per heavy atom. The van der Waals surface area contributed by atoms with Crippen molar-refractivity contribution in [2.24, 2.45) is 5.92 Å². The summed E-state index contributed by atoms with van der Waals surface area (Å²) < 4.78 is 11.3. The van der Waals surface area contributed by atoms with Gasteiger partial charge >= 0.3 is 0 Å². The minimum Gasteiger partial charge on any atom is -0.493 e. The molecule has 2 aromatic carbocycles. The van der Waals surface area contributed by atoms with Crippen molar-refractivity contribution in [3.63, 3.8) is 0 Å². The second-order valence-corrected chi connectivity index (χ2v) is 5.79. The maximum absolute atomic E-state index is 10.7. The lowest BCUT2D eigenvalue weighted by Crippen LogP contribution is -2.26. The fourth-order valence-corrected chi connectivity index (χ4v) is 3.22. The summed E-state index contributed by atoms with van der Waals surface area (Å²) >= 11 is 0. The van der Waals surface area contributed by atoms with Crippen molar-refractivity contribution in [1.29, 1.82) is 0 Å². The molecule has 3 nitrogen and oxygen atoms in total. The molecule has 0 aromatic heterocycles. The SMILES string of the molecule is OC(c1ccc2c(c1)CCO2)C1COc2ccccc2C1. The molecule has 0 aliphatic carbocycles. The molecule has 0 radical (unpaired) electrons. The van der Waals surface area contributed by atoms with E-state index in [-0.39, 0.29) is 5.92 Å². The van der Waals surface area contributed by atoms with E-state index in [0.29, 0.717) is 6.61 Å². The molecule has 2 heterocycles. The normalized spacial score (nSPS) is 20.9.